The molecule has 0 spiro atoms. The molecule has 3 atom stereocenters. The lowest BCUT2D eigenvalue weighted by molar-refractivity contribution is -0.0793. The van der Waals surface area contributed by atoms with Crippen molar-refractivity contribution in [2.24, 2.45) is 0 Å². The van der Waals surface area contributed by atoms with Crippen molar-refractivity contribution in [2.75, 3.05) is 26.2 Å². The molecule has 13 heavy (non-hydrogen) atoms. The Morgan fingerprint density at radius 1 is 1.38 bits per heavy atom. The maximum atomic E-state index is 9.25. The topological polar surface area (TPSA) is 52.9 Å². The zero-order chi connectivity index (χ0) is 9.84. The number of nitrogens with zero attached hydrogens (tertiary/aromatic N) is 1. The van der Waals surface area contributed by atoms with Crippen LogP contribution in [0.15, 0.2) is 0 Å². The van der Waals surface area contributed by atoms with E-state index in [4.69, 9.17) is 9.84 Å². The fourth-order valence-electron chi connectivity index (χ4n) is 1.79. The Kier molecular flexibility index (Phi) is 4.12. The lowest BCUT2D eigenvalue weighted by Crippen LogP contribution is -2.48. The van der Waals surface area contributed by atoms with Gasteiger partial charge in [0.1, 0.15) is 0 Å². The monoisotopic (exact) mass is 189 g/mol. The molecule has 0 aromatic rings. The van der Waals surface area contributed by atoms with Crippen molar-refractivity contribution in [3.05, 3.63) is 0 Å². The lowest BCUT2D eigenvalue weighted by atomic mass is 10.2. The van der Waals surface area contributed by atoms with E-state index in [1.54, 1.807) is 0 Å². The Labute approximate surface area is 79.1 Å². The Morgan fingerprint density at radius 3 is 2.38 bits per heavy atom. The van der Waals surface area contributed by atoms with Gasteiger partial charge >= 0.3 is 0 Å². The van der Waals surface area contributed by atoms with Gasteiger partial charge in [0.25, 0.3) is 0 Å². The van der Waals surface area contributed by atoms with Gasteiger partial charge in [-0.3, -0.25) is 4.90 Å². The van der Waals surface area contributed by atoms with E-state index in [2.05, 4.69) is 4.90 Å². The minimum Gasteiger partial charge on any atom is -0.394 e. The highest BCUT2D eigenvalue weighted by molar-refractivity contribution is 4.74. The molecule has 0 aliphatic carbocycles. The van der Waals surface area contributed by atoms with Gasteiger partial charge in [-0.25, -0.2) is 0 Å². The van der Waals surface area contributed by atoms with Crippen LogP contribution in [-0.4, -0.2) is 59.7 Å². The molecule has 1 aliphatic rings. The van der Waals surface area contributed by atoms with E-state index in [0.717, 1.165) is 13.1 Å². The normalized spacial score (nSPS) is 33.2. The number of aliphatic hydroxyl groups excluding tert-OH is 2. The van der Waals surface area contributed by atoms with Gasteiger partial charge in [0.2, 0.25) is 0 Å². The SMILES string of the molecule is CC1CN(CC(O)CO)CC(C)O1. The molecule has 0 aromatic carbocycles. The van der Waals surface area contributed by atoms with Gasteiger partial charge in [-0.15, -0.1) is 0 Å². The van der Waals surface area contributed by atoms with Gasteiger partial charge in [-0.05, 0) is 13.8 Å². The third-order valence-corrected chi connectivity index (χ3v) is 2.17. The van der Waals surface area contributed by atoms with Gasteiger partial charge in [0.15, 0.2) is 0 Å². The van der Waals surface area contributed by atoms with Gasteiger partial charge in [0, 0.05) is 19.6 Å². The maximum absolute atomic E-state index is 9.25. The Balaban J connectivity index is 2.32. The summed E-state index contributed by atoms with van der Waals surface area (Å²) in [7, 11) is 0. The van der Waals surface area contributed by atoms with Crippen LogP contribution < -0.4 is 0 Å². The number of β-amino-alcohol motifs (C(OH)–C–C–N with tert-alkyl or cyclic N) is 1. The molecule has 4 heteroatoms. The van der Waals surface area contributed by atoms with E-state index in [-0.39, 0.29) is 18.8 Å². The summed E-state index contributed by atoms with van der Waals surface area (Å²) in [4.78, 5) is 2.12. The average molecular weight is 189 g/mol. The number of aliphatic hydroxyl groups is 2. The van der Waals surface area contributed by atoms with E-state index in [0.29, 0.717) is 6.54 Å². The van der Waals surface area contributed by atoms with Crippen molar-refractivity contribution >= 4 is 0 Å². The van der Waals surface area contributed by atoms with Crippen LogP contribution in [0.1, 0.15) is 13.8 Å². The molecular weight excluding hydrogens is 170 g/mol. The van der Waals surface area contributed by atoms with E-state index in [1.165, 1.54) is 0 Å². The molecule has 1 aliphatic heterocycles. The van der Waals surface area contributed by atoms with Crippen LogP contribution in [0.25, 0.3) is 0 Å². The minimum atomic E-state index is -0.627. The van der Waals surface area contributed by atoms with Crippen LogP contribution in [0.2, 0.25) is 0 Å². The summed E-state index contributed by atoms with van der Waals surface area (Å²) >= 11 is 0. The van der Waals surface area contributed by atoms with Crippen molar-refractivity contribution in [2.45, 2.75) is 32.2 Å². The second kappa shape index (κ2) is 4.91. The van der Waals surface area contributed by atoms with E-state index in [1.807, 2.05) is 13.8 Å². The van der Waals surface area contributed by atoms with Crippen LogP contribution in [-0.2, 0) is 4.74 Å². The molecule has 1 heterocycles. The first-order chi connectivity index (χ1) is 6.11. The van der Waals surface area contributed by atoms with Crippen LogP contribution in [0.5, 0.6) is 0 Å². The molecule has 0 bridgehead atoms. The van der Waals surface area contributed by atoms with Gasteiger partial charge < -0.3 is 14.9 Å². The quantitative estimate of drug-likeness (QED) is 0.625. The Bertz CT molecular complexity index is 144. The summed E-state index contributed by atoms with van der Waals surface area (Å²) in [5.41, 5.74) is 0. The highest BCUT2D eigenvalue weighted by Gasteiger charge is 2.23. The van der Waals surface area contributed by atoms with Crippen molar-refractivity contribution in [3.8, 4) is 0 Å². The standard InChI is InChI=1S/C9H19NO3/c1-7-3-10(4-8(2)13-7)5-9(12)6-11/h7-9,11-12H,3-6H2,1-2H3. The molecule has 1 fully saturated rings. The molecule has 0 aromatic heterocycles. The summed E-state index contributed by atoms with van der Waals surface area (Å²) < 4.78 is 5.55. The second-order valence-corrected chi connectivity index (χ2v) is 3.81. The number of hydrogen-bond donors (Lipinski definition) is 2. The predicted octanol–water partition coefficient (Wildman–Crippen LogP) is -0.551. The molecule has 1 saturated heterocycles. The van der Waals surface area contributed by atoms with E-state index >= 15 is 0 Å². The van der Waals surface area contributed by atoms with E-state index < -0.39 is 6.10 Å². The first kappa shape index (κ1) is 10.9. The number of morpholine rings is 1. The molecule has 0 amide bonds. The lowest BCUT2D eigenvalue weighted by Gasteiger charge is -2.36. The van der Waals surface area contributed by atoms with Crippen molar-refractivity contribution in [1.29, 1.82) is 0 Å². The largest absolute Gasteiger partial charge is 0.394 e. The summed E-state index contributed by atoms with van der Waals surface area (Å²) in [6, 6.07) is 0. The molecule has 78 valence electrons. The molecule has 2 N–H and O–H groups in total. The zero-order valence-corrected chi connectivity index (χ0v) is 8.31. The Hall–Kier alpha value is -0.160. The third kappa shape index (κ3) is 3.60. The summed E-state index contributed by atoms with van der Waals surface area (Å²) in [6.07, 6.45) is -0.193. The van der Waals surface area contributed by atoms with Crippen molar-refractivity contribution in [1.82, 2.24) is 4.90 Å². The second-order valence-electron chi connectivity index (χ2n) is 3.81. The van der Waals surface area contributed by atoms with Crippen LogP contribution in [0.3, 0.4) is 0 Å². The van der Waals surface area contributed by atoms with Crippen molar-refractivity contribution in [3.63, 3.8) is 0 Å². The molecule has 0 radical (unpaired) electrons. The van der Waals surface area contributed by atoms with Crippen molar-refractivity contribution < 1.29 is 14.9 Å². The molecular formula is C9H19NO3. The maximum Gasteiger partial charge on any atom is 0.0897 e. The fourth-order valence-corrected chi connectivity index (χ4v) is 1.79. The summed E-state index contributed by atoms with van der Waals surface area (Å²) in [6.45, 7) is 6.08. The molecule has 3 unspecified atom stereocenters. The fraction of sp³-hybridized carbons (Fsp3) is 1.00. The Morgan fingerprint density at radius 2 is 1.92 bits per heavy atom. The molecule has 0 saturated carbocycles. The minimum absolute atomic E-state index is 0.167. The molecule has 4 nitrogen and oxygen atoms in total. The van der Waals surface area contributed by atoms with Crippen LogP contribution >= 0.6 is 0 Å². The first-order valence-corrected chi connectivity index (χ1v) is 4.78. The first-order valence-electron chi connectivity index (χ1n) is 4.78. The third-order valence-electron chi connectivity index (χ3n) is 2.17. The van der Waals surface area contributed by atoms with E-state index in [9.17, 15) is 5.11 Å². The highest BCUT2D eigenvalue weighted by atomic mass is 16.5. The van der Waals surface area contributed by atoms with Crippen LogP contribution in [0.4, 0.5) is 0 Å². The predicted molar refractivity (Wildman–Crippen MR) is 49.5 cm³/mol. The zero-order valence-electron chi connectivity index (χ0n) is 8.31. The highest BCUT2D eigenvalue weighted by Crippen LogP contribution is 2.10. The number of ether oxygens (including phenoxy) is 1. The van der Waals surface area contributed by atoms with Gasteiger partial charge in [-0.1, -0.05) is 0 Å². The number of hydrogen-bond acceptors (Lipinski definition) is 4. The summed E-state index contributed by atoms with van der Waals surface area (Å²) in [5.74, 6) is 0. The summed E-state index contributed by atoms with van der Waals surface area (Å²) in [5, 5.41) is 17.9. The van der Waals surface area contributed by atoms with Gasteiger partial charge in [-0.2, -0.15) is 0 Å². The van der Waals surface area contributed by atoms with Crippen LogP contribution in [0, 0.1) is 0 Å². The average Bonchev–Trinajstić information content (AvgIpc) is 2.02. The number of rotatable bonds is 3. The smallest absolute Gasteiger partial charge is 0.0897 e. The molecule has 1 rings (SSSR count). The van der Waals surface area contributed by atoms with Gasteiger partial charge in [0.05, 0.1) is 24.9 Å².